The summed E-state index contributed by atoms with van der Waals surface area (Å²) in [5.74, 6) is -0.266. The van der Waals surface area contributed by atoms with Gasteiger partial charge < -0.3 is 5.32 Å². The first-order valence-electron chi connectivity index (χ1n) is 9.06. The molecule has 0 aliphatic carbocycles. The summed E-state index contributed by atoms with van der Waals surface area (Å²) in [4.78, 5) is 17.9. The van der Waals surface area contributed by atoms with Crippen LogP contribution in [0.4, 0.5) is 5.69 Å². The molecule has 150 valence electrons. The van der Waals surface area contributed by atoms with Gasteiger partial charge in [0.1, 0.15) is 0 Å². The summed E-state index contributed by atoms with van der Waals surface area (Å²) in [6.07, 6.45) is 2.50. The summed E-state index contributed by atoms with van der Waals surface area (Å²) >= 11 is 6.15. The second-order valence-electron chi connectivity index (χ2n) is 6.68. The van der Waals surface area contributed by atoms with Gasteiger partial charge in [-0.1, -0.05) is 17.7 Å². The van der Waals surface area contributed by atoms with Crippen molar-refractivity contribution >= 4 is 33.2 Å². The van der Waals surface area contributed by atoms with Gasteiger partial charge in [-0.25, -0.2) is 8.42 Å². The number of pyridine rings is 1. The van der Waals surface area contributed by atoms with Crippen molar-refractivity contribution in [3.63, 3.8) is 0 Å². The van der Waals surface area contributed by atoms with Crippen LogP contribution in [0.25, 0.3) is 0 Å². The number of nitrogens with one attached hydrogen (secondary N) is 1. The molecule has 1 aromatic carbocycles. The van der Waals surface area contributed by atoms with E-state index in [2.05, 4.69) is 15.2 Å². The van der Waals surface area contributed by atoms with Gasteiger partial charge in [-0.2, -0.15) is 4.31 Å². The molecule has 1 aromatic heterocycles. The van der Waals surface area contributed by atoms with E-state index in [4.69, 9.17) is 11.6 Å². The molecule has 0 unspecified atom stereocenters. The van der Waals surface area contributed by atoms with Crippen molar-refractivity contribution in [2.75, 3.05) is 31.5 Å². The highest BCUT2D eigenvalue weighted by atomic mass is 35.5. The van der Waals surface area contributed by atoms with Gasteiger partial charge in [-0.05, 0) is 43.3 Å². The number of aromatic nitrogens is 1. The van der Waals surface area contributed by atoms with Crippen LogP contribution >= 0.6 is 11.6 Å². The smallest absolute Gasteiger partial charge is 0.243 e. The lowest BCUT2D eigenvalue weighted by molar-refractivity contribution is -0.114. The maximum atomic E-state index is 13.0. The van der Waals surface area contributed by atoms with Crippen LogP contribution in [0.5, 0.6) is 0 Å². The fourth-order valence-electron chi connectivity index (χ4n) is 3.16. The predicted molar refractivity (Wildman–Crippen MR) is 109 cm³/mol. The van der Waals surface area contributed by atoms with E-state index in [0.717, 1.165) is 18.7 Å². The van der Waals surface area contributed by atoms with Gasteiger partial charge in [-0.3, -0.25) is 14.7 Å². The highest BCUT2D eigenvalue weighted by molar-refractivity contribution is 7.89. The van der Waals surface area contributed by atoms with E-state index in [1.54, 1.807) is 6.20 Å². The lowest BCUT2D eigenvalue weighted by Crippen LogP contribution is -2.35. The largest absolute Gasteiger partial charge is 0.325 e. The van der Waals surface area contributed by atoms with Crippen molar-refractivity contribution in [1.82, 2.24) is 14.2 Å². The molecule has 2 heterocycles. The Hall–Kier alpha value is -2.00. The summed E-state index contributed by atoms with van der Waals surface area (Å²) in [5.41, 5.74) is 1.37. The Kier molecular flexibility index (Phi) is 6.66. The number of halogens is 1. The Morgan fingerprint density at radius 1 is 1.18 bits per heavy atom. The number of amides is 1. The van der Waals surface area contributed by atoms with E-state index >= 15 is 0 Å². The number of carbonyl (C=O) groups is 1. The molecule has 1 aliphatic rings. The van der Waals surface area contributed by atoms with E-state index < -0.39 is 10.0 Å². The van der Waals surface area contributed by atoms with Crippen LogP contribution < -0.4 is 5.32 Å². The average Bonchev–Trinajstić information content (AvgIpc) is 2.90. The first-order valence-corrected chi connectivity index (χ1v) is 10.9. The molecule has 1 saturated heterocycles. The summed E-state index contributed by atoms with van der Waals surface area (Å²) in [6, 6.07) is 10.2. The summed E-state index contributed by atoms with van der Waals surface area (Å²) in [5, 5.41) is 2.78. The van der Waals surface area contributed by atoms with E-state index in [9.17, 15) is 13.2 Å². The van der Waals surface area contributed by atoms with Crippen molar-refractivity contribution < 1.29 is 13.2 Å². The van der Waals surface area contributed by atoms with Crippen molar-refractivity contribution in [2.45, 2.75) is 24.8 Å². The van der Waals surface area contributed by atoms with Gasteiger partial charge in [0, 0.05) is 39.3 Å². The molecule has 9 heteroatoms. The van der Waals surface area contributed by atoms with Gasteiger partial charge in [0.25, 0.3) is 0 Å². The minimum Gasteiger partial charge on any atom is -0.325 e. The quantitative estimate of drug-likeness (QED) is 0.800. The molecule has 1 fully saturated rings. The SMILES string of the molecule is CC(=O)Nc1ccc(S(=O)(=O)N2CCCN(Cc3ccccn3)CC2)cc1Cl. The number of nitrogens with zero attached hydrogens (tertiary/aromatic N) is 3. The van der Waals surface area contributed by atoms with Gasteiger partial charge in [0.15, 0.2) is 0 Å². The van der Waals surface area contributed by atoms with Crippen LogP contribution in [0.1, 0.15) is 19.0 Å². The number of hydrogen-bond donors (Lipinski definition) is 1. The zero-order chi connectivity index (χ0) is 20.1. The highest BCUT2D eigenvalue weighted by Crippen LogP contribution is 2.27. The van der Waals surface area contributed by atoms with E-state index in [1.165, 1.54) is 29.4 Å². The van der Waals surface area contributed by atoms with Crippen LogP contribution in [0, 0.1) is 0 Å². The molecule has 7 nitrogen and oxygen atoms in total. The molecule has 1 N–H and O–H groups in total. The third-order valence-corrected chi connectivity index (χ3v) is 6.76. The van der Waals surface area contributed by atoms with Crippen molar-refractivity contribution in [3.8, 4) is 0 Å². The predicted octanol–water partition coefficient (Wildman–Crippen LogP) is 2.59. The summed E-state index contributed by atoms with van der Waals surface area (Å²) in [6.45, 7) is 4.37. The van der Waals surface area contributed by atoms with Crippen molar-refractivity contribution in [3.05, 3.63) is 53.3 Å². The van der Waals surface area contributed by atoms with Crippen LogP contribution in [-0.4, -0.2) is 54.7 Å². The molecular weight excluding hydrogens is 400 g/mol. The third-order valence-electron chi connectivity index (χ3n) is 4.55. The van der Waals surface area contributed by atoms with Crippen LogP contribution in [0.2, 0.25) is 5.02 Å². The monoisotopic (exact) mass is 422 g/mol. The van der Waals surface area contributed by atoms with Gasteiger partial charge in [0.05, 0.1) is 21.3 Å². The molecule has 28 heavy (non-hydrogen) atoms. The first kappa shape index (κ1) is 20.7. The van der Waals surface area contributed by atoms with Crippen molar-refractivity contribution in [2.24, 2.45) is 0 Å². The van der Waals surface area contributed by atoms with Crippen LogP contribution in [0.15, 0.2) is 47.5 Å². The Bertz CT molecular complexity index is 937. The molecule has 0 spiro atoms. The van der Waals surface area contributed by atoms with E-state index in [1.807, 2.05) is 18.2 Å². The molecule has 0 bridgehead atoms. The van der Waals surface area contributed by atoms with Crippen LogP contribution in [-0.2, 0) is 21.4 Å². The number of benzene rings is 1. The molecule has 0 radical (unpaired) electrons. The second kappa shape index (κ2) is 9.00. The molecule has 1 amide bonds. The number of carbonyl (C=O) groups excluding carboxylic acids is 1. The van der Waals surface area contributed by atoms with E-state index in [0.29, 0.717) is 31.9 Å². The second-order valence-corrected chi connectivity index (χ2v) is 9.02. The number of sulfonamides is 1. The zero-order valence-corrected chi connectivity index (χ0v) is 17.2. The fraction of sp³-hybridized carbons (Fsp3) is 0.368. The first-order chi connectivity index (χ1) is 13.4. The zero-order valence-electron chi connectivity index (χ0n) is 15.6. The number of anilines is 1. The highest BCUT2D eigenvalue weighted by Gasteiger charge is 2.27. The third kappa shape index (κ3) is 5.08. The van der Waals surface area contributed by atoms with Gasteiger partial charge >= 0.3 is 0 Å². The molecule has 2 aromatic rings. The lowest BCUT2D eigenvalue weighted by atomic mass is 10.3. The average molecular weight is 423 g/mol. The van der Waals surface area contributed by atoms with Gasteiger partial charge in [0.2, 0.25) is 15.9 Å². The molecule has 3 rings (SSSR count). The topological polar surface area (TPSA) is 82.6 Å². The Morgan fingerprint density at radius 2 is 2.00 bits per heavy atom. The Labute approximate surface area is 170 Å². The summed E-state index contributed by atoms with van der Waals surface area (Å²) < 4.78 is 27.6. The number of rotatable bonds is 5. The maximum Gasteiger partial charge on any atom is 0.243 e. The Morgan fingerprint density at radius 3 is 2.68 bits per heavy atom. The number of hydrogen-bond acceptors (Lipinski definition) is 5. The fourth-order valence-corrected chi connectivity index (χ4v) is 4.95. The maximum absolute atomic E-state index is 13.0. The van der Waals surface area contributed by atoms with Gasteiger partial charge in [-0.15, -0.1) is 0 Å². The Balaban J connectivity index is 1.70. The molecule has 1 aliphatic heterocycles. The molecular formula is C19H23ClN4O3S. The van der Waals surface area contributed by atoms with Crippen LogP contribution in [0.3, 0.4) is 0 Å². The lowest BCUT2D eigenvalue weighted by Gasteiger charge is -2.22. The van der Waals surface area contributed by atoms with E-state index in [-0.39, 0.29) is 15.8 Å². The summed E-state index contributed by atoms with van der Waals surface area (Å²) in [7, 11) is -3.66. The molecule has 0 atom stereocenters. The minimum atomic E-state index is -3.66. The van der Waals surface area contributed by atoms with Crippen molar-refractivity contribution in [1.29, 1.82) is 0 Å². The molecule has 0 saturated carbocycles. The minimum absolute atomic E-state index is 0.129. The normalized spacial score (nSPS) is 16.5. The standard InChI is InChI=1S/C19H23ClN4O3S/c1-15(25)22-19-7-6-17(13-18(19)20)28(26,27)24-10-4-9-23(11-12-24)14-16-5-2-3-8-21-16/h2-3,5-8,13H,4,9-12,14H2,1H3,(H,22,25).